The second kappa shape index (κ2) is 8.14. The van der Waals surface area contributed by atoms with E-state index in [1.165, 1.54) is 40.9 Å². The van der Waals surface area contributed by atoms with Gasteiger partial charge in [0, 0.05) is 22.5 Å². The normalized spacial score (nSPS) is 16.6. The third kappa shape index (κ3) is 5.33. The summed E-state index contributed by atoms with van der Waals surface area (Å²) in [7, 11) is 0. The molecule has 1 N–H and O–H groups in total. The summed E-state index contributed by atoms with van der Waals surface area (Å²) >= 11 is 6.24. The molecule has 0 spiro atoms. The smallest absolute Gasteiger partial charge is 0.420 e. The molecule has 0 aliphatic carbocycles. The van der Waals surface area contributed by atoms with Crippen LogP contribution in [0.15, 0.2) is 59.6 Å². The molecule has 0 saturated carbocycles. The fourth-order valence-corrected chi connectivity index (χ4v) is 3.44. The van der Waals surface area contributed by atoms with Crippen LogP contribution < -0.4 is 15.0 Å². The molecule has 1 atom stereocenters. The zero-order chi connectivity index (χ0) is 19.4. The number of nitrogens with zero attached hydrogens (tertiary/aromatic N) is 2. The van der Waals surface area contributed by atoms with Crippen LogP contribution >= 0.6 is 23.4 Å². The van der Waals surface area contributed by atoms with Crippen LogP contribution in [0.25, 0.3) is 0 Å². The third-order valence-electron chi connectivity index (χ3n) is 3.54. The Morgan fingerprint density at radius 1 is 1.26 bits per heavy atom. The van der Waals surface area contributed by atoms with Crippen molar-refractivity contribution in [2.24, 2.45) is 4.99 Å². The molecule has 2 aromatic rings. The minimum atomic E-state index is -3.80. The molecule has 2 amide bonds. The second-order valence-electron chi connectivity index (χ2n) is 5.73. The lowest BCUT2D eigenvalue weighted by molar-refractivity contribution is -0.0964. The molecule has 142 valence electrons. The van der Waals surface area contributed by atoms with Gasteiger partial charge in [-0.15, -0.1) is 8.78 Å². The van der Waals surface area contributed by atoms with Gasteiger partial charge in [0.2, 0.25) is 0 Å². The number of amides is 2. The van der Waals surface area contributed by atoms with E-state index in [1.54, 1.807) is 12.1 Å². The number of hydrogen-bond donors (Lipinski definition) is 1. The number of carbonyl (C=O) groups excluding carboxylic acids is 1. The van der Waals surface area contributed by atoms with Gasteiger partial charge in [0.05, 0.1) is 12.2 Å². The summed E-state index contributed by atoms with van der Waals surface area (Å²) in [5.74, 6) is -0.114. The van der Waals surface area contributed by atoms with Crippen LogP contribution in [0.1, 0.15) is 6.92 Å². The maximum atomic E-state index is 12.9. The third-order valence-corrected chi connectivity index (χ3v) is 4.69. The maximum absolute atomic E-state index is 12.9. The van der Waals surface area contributed by atoms with E-state index < -0.39 is 11.6 Å². The van der Waals surface area contributed by atoms with Crippen molar-refractivity contribution in [3.63, 3.8) is 0 Å². The number of nitrogens with one attached hydrogen (secondary N) is 1. The van der Waals surface area contributed by atoms with E-state index in [-0.39, 0.29) is 11.0 Å². The van der Waals surface area contributed by atoms with Gasteiger partial charge in [-0.3, -0.25) is 4.99 Å². The summed E-state index contributed by atoms with van der Waals surface area (Å²) in [5, 5.41) is 3.58. The minimum Gasteiger partial charge on any atom is -0.420 e. The fraction of sp³-hybridized carbons (Fsp3) is 0.222. The molecule has 1 aliphatic rings. The van der Waals surface area contributed by atoms with Gasteiger partial charge in [0.15, 0.2) is 5.17 Å². The number of ether oxygens (including phenoxy) is 1. The maximum Gasteiger partial charge on any atom is 0.487 e. The van der Waals surface area contributed by atoms with Gasteiger partial charge in [-0.1, -0.05) is 36.9 Å². The summed E-state index contributed by atoms with van der Waals surface area (Å²) in [6, 6.07) is 14.2. The molecular weight excluding hydrogens is 396 g/mol. The molecule has 0 aromatic heterocycles. The van der Waals surface area contributed by atoms with E-state index in [0.717, 1.165) is 0 Å². The fourth-order valence-electron chi connectivity index (χ4n) is 2.40. The van der Waals surface area contributed by atoms with Crippen LogP contribution in [0.4, 0.5) is 25.0 Å². The van der Waals surface area contributed by atoms with E-state index in [4.69, 9.17) is 11.6 Å². The standard InChI is InChI=1S/C18H16ClF2N3O2S/c1-12-11-22-17(27-12)24(16(25)23-13-5-3-2-4-6-13)14-7-9-15(10-8-14)26-18(19,20)21/h2-10,12H,11H2,1H3,(H,23,25)/t12-/m0/s1. The summed E-state index contributed by atoms with van der Waals surface area (Å²) in [4.78, 5) is 18.7. The highest BCUT2D eigenvalue weighted by Crippen LogP contribution is 2.31. The highest BCUT2D eigenvalue weighted by molar-refractivity contribution is 8.15. The molecular formula is C18H16ClF2N3O2S. The predicted octanol–water partition coefficient (Wildman–Crippen LogP) is 5.38. The van der Waals surface area contributed by atoms with Gasteiger partial charge < -0.3 is 10.1 Å². The number of thioether (sulfide) groups is 1. The Labute approximate surface area is 164 Å². The first-order valence-electron chi connectivity index (χ1n) is 8.05. The topological polar surface area (TPSA) is 53.9 Å². The van der Waals surface area contributed by atoms with Crippen LogP contribution in [0.3, 0.4) is 0 Å². The number of para-hydroxylation sites is 1. The molecule has 3 rings (SSSR count). The van der Waals surface area contributed by atoms with Crippen molar-refractivity contribution in [2.45, 2.75) is 17.7 Å². The van der Waals surface area contributed by atoms with Gasteiger partial charge in [-0.25, -0.2) is 9.69 Å². The molecule has 0 saturated heterocycles. The molecule has 1 aliphatic heterocycles. The van der Waals surface area contributed by atoms with Crippen molar-refractivity contribution in [3.8, 4) is 5.75 Å². The highest BCUT2D eigenvalue weighted by atomic mass is 35.5. The molecule has 0 bridgehead atoms. The Morgan fingerprint density at radius 3 is 2.48 bits per heavy atom. The van der Waals surface area contributed by atoms with Crippen molar-refractivity contribution >= 4 is 45.9 Å². The van der Waals surface area contributed by atoms with Gasteiger partial charge in [-0.05, 0) is 36.4 Å². The average molecular weight is 412 g/mol. The monoisotopic (exact) mass is 411 g/mol. The first kappa shape index (κ1) is 19.4. The van der Waals surface area contributed by atoms with Crippen LogP contribution in [-0.4, -0.2) is 28.6 Å². The van der Waals surface area contributed by atoms with E-state index in [9.17, 15) is 13.6 Å². The number of benzene rings is 2. The number of carbonyl (C=O) groups is 1. The number of rotatable bonds is 4. The van der Waals surface area contributed by atoms with Crippen molar-refractivity contribution in [1.82, 2.24) is 0 Å². The molecule has 0 radical (unpaired) electrons. The largest absolute Gasteiger partial charge is 0.487 e. The average Bonchev–Trinajstić information content (AvgIpc) is 3.02. The Kier molecular flexibility index (Phi) is 5.86. The Morgan fingerprint density at radius 2 is 1.93 bits per heavy atom. The first-order valence-corrected chi connectivity index (χ1v) is 9.31. The summed E-state index contributed by atoms with van der Waals surface area (Å²) in [6.07, 6.45) is 0. The Hall–Kier alpha value is -2.32. The lowest BCUT2D eigenvalue weighted by atomic mass is 10.3. The number of aliphatic imine (C=N–C) groups is 1. The molecule has 9 heteroatoms. The van der Waals surface area contributed by atoms with E-state index >= 15 is 0 Å². The zero-order valence-corrected chi connectivity index (χ0v) is 15.8. The van der Waals surface area contributed by atoms with E-state index in [2.05, 4.69) is 15.0 Å². The van der Waals surface area contributed by atoms with Crippen molar-refractivity contribution < 1.29 is 18.3 Å². The summed E-state index contributed by atoms with van der Waals surface area (Å²) in [6.45, 7) is 2.60. The quantitative estimate of drug-likeness (QED) is 0.687. The zero-order valence-electron chi connectivity index (χ0n) is 14.2. The van der Waals surface area contributed by atoms with Gasteiger partial charge >= 0.3 is 11.6 Å². The number of alkyl halides is 3. The Balaban J connectivity index is 1.85. The van der Waals surface area contributed by atoms with Crippen LogP contribution in [-0.2, 0) is 0 Å². The lowest BCUT2D eigenvalue weighted by Gasteiger charge is -2.23. The van der Waals surface area contributed by atoms with Gasteiger partial charge in [0.25, 0.3) is 0 Å². The van der Waals surface area contributed by atoms with Crippen molar-refractivity contribution in [1.29, 1.82) is 0 Å². The first-order chi connectivity index (χ1) is 12.8. The minimum absolute atomic E-state index is 0.114. The van der Waals surface area contributed by atoms with Gasteiger partial charge in [-0.2, -0.15) is 0 Å². The predicted molar refractivity (Wildman–Crippen MR) is 105 cm³/mol. The molecule has 27 heavy (non-hydrogen) atoms. The number of amidine groups is 1. The molecule has 0 unspecified atom stereocenters. The molecule has 5 nitrogen and oxygen atoms in total. The SMILES string of the molecule is C[C@H]1CN=C(N(C(=O)Nc2ccccc2)c2ccc(OC(F)(F)Cl)cc2)S1. The second-order valence-corrected chi connectivity index (χ2v) is 7.57. The van der Waals surface area contributed by atoms with Crippen LogP contribution in [0, 0.1) is 0 Å². The number of urea groups is 1. The number of anilines is 2. The molecule has 0 fully saturated rings. The highest BCUT2D eigenvalue weighted by Gasteiger charge is 2.29. The van der Waals surface area contributed by atoms with E-state index in [1.807, 2.05) is 25.1 Å². The molecule has 2 aromatic carbocycles. The van der Waals surface area contributed by atoms with Gasteiger partial charge in [0.1, 0.15) is 5.75 Å². The van der Waals surface area contributed by atoms with Crippen LogP contribution in [0.5, 0.6) is 5.75 Å². The lowest BCUT2D eigenvalue weighted by Crippen LogP contribution is -2.38. The summed E-state index contributed by atoms with van der Waals surface area (Å²) in [5.41, 5.74) is -2.70. The number of hydrogen-bond acceptors (Lipinski definition) is 4. The van der Waals surface area contributed by atoms with E-state index in [0.29, 0.717) is 23.1 Å². The Bertz CT molecular complexity index is 829. The van der Waals surface area contributed by atoms with Crippen molar-refractivity contribution in [3.05, 3.63) is 54.6 Å². The number of halogens is 3. The summed E-state index contributed by atoms with van der Waals surface area (Å²) < 4.78 is 29.9. The van der Waals surface area contributed by atoms with Crippen LogP contribution in [0.2, 0.25) is 0 Å². The molecule has 1 heterocycles. The van der Waals surface area contributed by atoms with Crippen molar-refractivity contribution in [2.75, 3.05) is 16.8 Å².